The van der Waals surface area contributed by atoms with Gasteiger partial charge in [0.15, 0.2) is 0 Å². The highest BCUT2D eigenvalue weighted by atomic mass is 32.1. The van der Waals surface area contributed by atoms with Crippen LogP contribution >= 0.6 is 11.3 Å². The molecule has 0 spiro atoms. The molecule has 1 fully saturated rings. The van der Waals surface area contributed by atoms with E-state index in [1.54, 1.807) is 10.4 Å². The molecule has 1 N–H and O–H groups in total. The second-order valence-electron chi connectivity index (χ2n) is 6.81. The van der Waals surface area contributed by atoms with E-state index < -0.39 is 0 Å². The van der Waals surface area contributed by atoms with Crippen LogP contribution in [-0.2, 0) is 13.0 Å². The monoisotopic (exact) mass is 306 g/mol. The van der Waals surface area contributed by atoms with E-state index in [1.807, 2.05) is 11.3 Å². The zero-order chi connectivity index (χ0) is 14.5. The summed E-state index contributed by atoms with van der Waals surface area (Å²) in [7, 11) is 0. The Kier molecular flexibility index (Phi) is 5.73. The highest BCUT2D eigenvalue weighted by Gasteiger charge is 2.26. The first kappa shape index (κ1) is 15.5. The van der Waals surface area contributed by atoms with Crippen LogP contribution in [0.3, 0.4) is 0 Å². The van der Waals surface area contributed by atoms with Crippen molar-refractivity contribution in [1.82, 2.24) is 10.2 Å². The number of rotatable bonds is 5. The van der Waals surface area contributed by atoms with Crippen molar-refractivity contribution in [1.29, 1.82) is 0 Å². The van der Waals surface area contributed by atoms with Crippen LogP contribution in [0.1, 0.15) is 55.9 Å². The highest BCUT2D eigenvalue weighted by molar-refractivity contribution is 7.10. The van der Waals surface area contributed by atoms with Gasteiger partial charge in [-0.05, 0) is 55.2 Å². The third-order valence-electron chi connectivity index (χ3n) is 5.20. The molecule has 2 nitrogen and oxygen atoms in total. The molecule has 1 aromatic rings. The van der Waals surface area contributed by atoms with Crippen molar-refractivity contribution in [3.05, 3.63) is 21.9 Å². The average Bonchev–Trinajstić information content (AvgIpc) is 2.85. The van der Waals surface area contributed by atoms with E-state index in [0.29, 0.717) is 0 Å². The Morgan fingerprint density at radius 2 is 2.19 bits per heavy atom. The first-order valence-corrected chi connectivity index (χ1v) is 9.75. The van der Waals surface area contributed by atoms with Gasteiger partial charge in [0.1, 0.15) is 0 Å². The second kappa shape index (κ2) is 7.75. The third kappa shape index (κ3) is 4.08. The smallest absolute Gasteiger partial charge is 0.0245 e. The maximum atomic E-state index is 3.84. The SMILES string of the molecule is CCCNC1CCCCCC1CN1CCc2sccc2C1. The van der Waals surface area contributed by atoms with Crippen molar-refractivity contribution in [2.45, 2.75) is 64.5 Å². The molecule has 21 heavy (non-hydrogen) atoms. The van der Waals surface area contributed by atoms with Gasteiger partial charge < -0.3 is 5.32 Å². The van der Waals surface area contributed by atoms with E-state index in [4.69, 9.17) is 0 Å². The van der Waals surface area contributed by atoms with Crippen LogP contribution < -0.4 is 5.32 Å². The quantitative estimate of drug-likeness (QED) is 0.826. The van der Waals surface area contributed by atoms with Gasteiger partial charge in [-0.25, -0.2) is 0 Å². The van der Waals surface area contributed by atoms with Crippen molar-refractivity contribution in [2.24, 2.45) is 5.92 Å². The molecular formula is C18H30N2S. The summed E-state index contributed by atoms with van der Waals surface area (Å²) in [6.07, 6.45) is 9.64. The van der Waals surface area contributed by atoms with Crippen molar-refractivity contribution in [2.75, 3.05) is 19.6 Å². The number of hydrogen-bond donors (Lipinski definition) is 1. The zero-order valence-corrected chi connectivity index (χ0v) is 14.3. The Balaban J connectivity index is 1.58. The molecule has 1 aromatic heterocycles. The van der Waals surface area contributed by atoms with Crippen molar-refractivity contribution in [3.8, 4) is 0 Å². The van der Waals surface area contributed by atoms with Gasteiger partial charge in [-0.3, -0.25) is 4.90 Å². The predicted molar refractivity (Wildman–Crippen MR) is 92.0 cm³/mol. The number of hydrogen-bond acceptors (Lipinski definition) is 3. The minimum Gasteiger partial charge on any atom is -0.314 e. The van der Waals surface area contributed by atoms with Crippen LogP contribution in [0.5, 0.6) is 0 Å². The summed E-state index contributed by atoms with van der Waals surface area (Å²) in [5.74, 6) is 0.860. The van der Waals surface area contributed by atoms with Crippen LogP contribution in [0.15, 0.2) is 11.4 Å². The number of nitrogens with one attached hydrogen (secondary N) is 1. The lowest BCUT2D eigenvalue weighted by Crippen LogP contribution is -2.43. The van der Waals surface area contributed by atoms with Gasteiger partial charge in [0, 0.05) is 30.6 Å². The van der Waals surface area contributed by atoms with Gasteiger partial charge in [0.05, 0.1) is 0 Å². The van der Waals surface area contributed by atoms with E-state index in [1.165, 1.54) is 71.1 Å². The summed E-state index contributed by atoms with van der Waals surface area (Å²) in [6, 6.07) is 3.10. The Bertz CT molecular complexity index is 429. The maximum Gasteiger partial charge on any atom is 0.0245 e. The van der Waals surface area contributed by atoms with Gasteiger partial charge in [0.25, 0.3) is 0 Å². The number of thiophene rings is 1. The molecule has 0 saturated heterocycles. The molecule has 1 saturated carbocycles. The van der Waals surface area contributed by atoms with E-state index in [0.717, 1.165) is 12.0 Å². The second-order valence-corrected chi connectivity index (χ2v) is 7.81. The summed E-state index contributed by atoms with van der Waals surface area (Å²) in [4.78, 5) is 4.35. The minimum atomic E-state index is 0.760. The molecule has 118 valence electrons. The molecule has 3 heteroatoms. The number of nitrogens with zero attached hydrogens (tertiary/aromatic N) is 1. The van der Waals surface area contributed by atoms with E-state index >= 15 is 0 Å². The normalized spacial score (nSPS) is 27.3. The molecule has 2 atom stereocenters. The van der Waals surface area contributed by atoms with Crippen LogP contribution in [0.25, 0.3) is 0 Å². The molecular weight excluding hydrogens is 276 g/mol. The third-order valence-corrected chi connectivity index (χ3v) is 6.22. The Hall–Kier alpha value is -0.380. The van der Waals surface area contributed by atoms with Gasteiger partial charge in [-0.15, -0.1) is 11.3 Å². The number of fused-ring (bicyclic) bond motifs is 1. The van der Waals surface area contributed by atoms with E-state index in [9.17, 15) is 0 Å². The first-order valence-electron chi connectivity index (χ1n) is 8.88. The van der Waals surface area contributed by atoms with Crippen LogP contribution in [0.4, 0.5) is 0 Å². The maximum absolute atomic E-state index is 3.84. The molecule has 1 aliphatic heterocycles. The average molecular weight is 307 g/mol. The molecule has 3 rings (SSSR count). The summed E-state index contributed by atoms with van der Waals surface area (Å²) < 4.78 is 0. The molecule has 0 aromatic carbocycles. The zero-order valence-electron chi connectivity index (χ0n) is 13.4. The molecule has 2 unspecified atom stereocenters. The van der Waals surface area contributed by atoms with Gasteiger partial charge in [-0.1, -0.05) is 26.2 Å². The van der Waals surface area contributed by atoms with Gasteiger partial charge in [-0.2, -0.15) is 0 Å². The topological polar surface area (TPSA) is 15.3 Å². The van der Waals surface area contributed by atoms with Crippen molar-refractivity contribution >= 4 is 11.3 Å². The molecule has 2 heterocycles. The molecule has 0 radical (unpaired) electrons. The summed E-state index contributed by atoms with van der Waals surface area (Å²) in [5.41, 5.74) is 1.60. The van der Waals surface area contributed by atoms with Crippen molar-refractivity contribution in [3.63, 3.8) is 0 Å². The standard InChI is InChI=1S/C18H30N2S/c1-2-10-19-17-7-5-3-4-6-15(17)13-20-11-8-18-16(14-20)9-12-21-18/h9,12,15,17,19H,2-8,10-11,13-14H2,1H3. The van der Waals surface area contributed by atoms with E-state index in [-0.39, 0.29) is 0 Å². The van der Waals surface area contributed by atoms with E-state index in [2.05, 4.69) is 28.6 Å². The lowest BCUT2D eigenvalue weighted by molar-refractivity contribution is 0.181. The first-order chi connectivity index (χ1) is 10.4. The summed E-state index contributed by atoms with van der Waals surface area (Å²) >= 11 is 1.95. The fourth-order valence-corrected chi connectivity index (χ4v) is 4.89. The van der Waals surface area contributed by atoms with Crippen LogP contribution in [-0.4, -0.2) is 30.6 Å². The van der Waals surface area contributed by atoms with Gasteiger partial charge in [0.2, 0.25) is 0 Å². The fraction of sp³-hybridized carbons (Fsp3) is 0.778. The molecule has 1 aliphatic carbocycles. The Labute approximate surface area is 133 Å². The Morgan fingerprint density at radius 3 is 3.10 bits per heavy atom. The molecule has 0 bridgehead atoms. The lowest BCUT2D eigenvalue weighted by Gasteiger charge is -2.34. The van der Waals surface area contributed by atoms with Crippen LogP contribution in [0.2, 0.25) is 0 Å². The summed E-state index contributed by atoms with van der Waals surface area (Å²) in [5, 5.41) is 6.11. The largest absolute Gasteiger partial charge is 0.314 e. The van der Waals surface area contributed by atoms with Gasteiger partial charge >= 0.3 is 0 Å². The summed E-state index contributed by atoms with van der Waals surface area (Å²) in [6.45, 7) is 7.23. The molecule has 0 amide bonds. The van der Waals surface area contributed by atoms with Crippen molar-refractivity contribution < 1.29 is 0 Å². The lowest BCUT2D eigenvalue weighted by atomic mass is 9.93. The Morgan fingerprint density at radius 1 is 1.29 bits per heavy atom. The predicted octanol–water partition coefficient (Wildman–Crippen LogP) is 4.05. The highest BCUT2D eigenvalue weighted by Crippen LogP contribution is 2.28. The minimum absolute atomic E-state index is 0.760. The van der Waals surface area contributed by atoms with Crippen LogP contribution in [0, 0.1) is 5.92 Å². The molecule has 2 aliphatic rings. The fourth-order valence-electron chi connectivity index (χ4n) is 4.00.